The lowest BCUT2D eigenvalue weighted by molar-refractivity contribution is 0.276. The van der Waals surface area contributed by atoms with E-state index in [9.17, 15) is 9.50 Å². The van der Waals surface area contributed by atoms with Crippen molar-refractivity contribution in [1.29, 1.82) is 0 Å². The van der Waals surface area contributed by atoms with Gasteiger partial charge >= 0.3 is 0 Å². The van der Waals surface area contributed by atoms with Gasteiger partial charge in [-0.2, -0.15) is 0 Å². The fourth-order valence-electron chi connectivity index (χ4n) is 1.56. The van der Waals surface area contributed by atoms with Gasteiger partial charge < -0.3 is 10.4 Å². The minimum Gasteiger partial charge on any atom is -0.394 e. The second kappa shape index (κ2) is 5.41. The van der Waals surface area contributed by atoms with Crippen LogP contribution in [0, 0.1) is 5.82 Å². The number of hydrogen-bond donors (Lipinski definition) is 2. The molecule has 2 aromatic rings. The van der Waals surface area contributed by atoms with Gasteiger partial charge in [0.1, 0.15) is 11.6 Å². The van der Waals surface area contributed by atoms with Crippen LogP contribution in [-0.4, -0.2) is 16.7 Å². The Morgan fingerprint density at radius 1 is 1.18 bits per heavy atom. The maximum absolute atomic E-state index is 12.7. The van der Waals surface area contributed by atoms with E-state index >= 15 is 0 Å². The van der Waals surface area contributed by atoms with Crippen molar-refractivity contribution in [3.63, 3.8) is 0 Å². The second-order valence-electron chi connectivity index (χ2n) is 3.65. The second-order valence-corrected chi connectivity index (χ2v) is 3.65. The summed E-state index contributed by atoms with van der Waals surface area (Å²) in [5.74, 6) is 0.158. The largest absolute Gasteiger partial charge is 0.394 e. The Labute approximate surface area is 98.9 Å². The molecule has 4 heteroatoms. The lowest BCUT2D eigenvalue weighted by Crippen LogP contribution is -2.15. The van der Waals surface area contributed by atoms with Crippen LogP contribution in [0.25, 0.3) is 0 Å². The summed E-state index contributed by atoms with van der Waals surface area (Å²) in [7, 11) is 0. The average molecular weight is 232 g/mol. The quantitative estimate of drug-likeness (QED) is 0.850. The standard InChI is InChI=1S/C13H13FN2O/c14-11-6-7-13(15-8-11)16-12(9-17)10-4-2-1-3-5-10/h1-8,12,17H,9H2,(H,15,16). The smallest absolute Gasteiger partial charge is 0.141 e. The van der Waals surface area contributed by atoms with Crippen molar-refractivity contribution in [2.45, 2.75) is 6.04 Å². The zero-order chi connectivity index (χ0) is 12.1. The molecule has 0 bridgehead atoms. The highest BCUT2D eigenvalue weighted by molar-refractivity contribution is 5.38. The summed E-state index contributed by atoms with van der Waals surface area (Å²) in [6, 6.07) is 12.2. The van der Waals surface area contributed by atoms with Crippen LogP contribution < -0.4 is 5.32 Å². The first-order valence-electron chi connectivity index (χ1n) is 5.33. The number of halogens is 1. The third-order valence-electron chi connectivity index (χ3n) is 2.43. The van der Waals surface area contributed by atoms with Gasteiger partial charge in [0, 0.05) is 0 Å². The normalized spacial score (nSPS) is 12.1. The molecule has 3 nitrogen and oxygen atoms in total. The lowest BCUT2D eigenvalue weighted by Gasteiger charge is -2.17. The van der Waals surface area contributed by atoms with Crippen molar-refractivity contribution >= 4 is 5.82 Å². The molecule has 0 aliphatic carbocycles. The van der Waals surface area contributed by atoms with Gasteiger partial charge in [-0.15, -0.1) is 0 Å². The number of hydrogen-bond acceptors (Lipinski definition) is 3. The molecule has 88 valence electrons. The molecule has 0 saturated heterocycles. The van der Waals surface area contributed by atoms with Crippen molar-refractivity contribution in [3.05, 3.63) is 60.0 Å². The number of aromatic nitrogens is 1. The van der Waals surface area contributed by atoms with Gasteiger partial charge in [-0.05, 0) is 17.7 Å². The van der Waals surface area contributed by atoms with E-state index in [1.165, 1.54) is 6.07 Å². The number of aliphatic hydroxyl groups is 1. The van der Waals surface area contributed by atoms with Crippen LogP contribution in [0.5, 0.6) is 0 Å². The minimum atomic E-state index is -0.379. The third kappa shape index (κ3) is 3.01. The monoisotopic (exact) mass is 232 g/mol. The lowest BCUT2D eigenvalue weighted by atomic mass is 10.1. The molecule has 1 unspecified atom stereocenters. The summed E-state index contributed by atoms with van der Waals surface area (Å²) in [4.78, 5) is 3.89. The van der Waals surface area contributed by atoms with E-state index in [0.717, 1.165) is 11.8 Å². The molecule has 1 aromatic carbocycles. The molecule has 0 aliphatic rings. The Hall–Kier alpha value is -1.94. The van der Waals surface area contributed by atoms with Crippen LogP contribution in [0.15, 0.2) is 48.7 Å². The summed E-state index contributed by atoms with van der Waals surface area (Å²) in [6.45, 7) is -0.0525. The van der Waals surface area contributed by atoms with E-state index in [0.29, 0.717) is 5.82 Å². The first kappa shape index (κ1) is 11.5. The van der Waals surface area contributed by atoms with E-state index in [4.69, 9.17) is 0 Å². The number of nitrogens with zero attached hydrogens (tertiary/aromatic N) is 1. The van der Waals surface area contributed by atoms with Gasteiger partial charge in [0.05, 0.1) is 18.8 Å². The van der Waals surface area contributed by atoms with Crippen LogP contribution in [0.2, 0.25) is 0 Å². The number of nitrogens with one attached hydrogen (secondary N) is 1. The van der Waals surface area contributed by atoms with Crippen LogP contribution in [0.4, 0.5) is 10.2 Å². The molecule has 0 radical (unpaired) electrons. The molecule has 1 aromatic heterocycles. The highest BCUT2D eigenvalue weighted by Gasteiger charge is 2.09. The van der Waals surface area contributed by atoms with Crippen LogP contribution >= 0.6 is 0 Å². The van der Waals surface area contributed by atoms with Gasteiger partial charge in [0.15, 0.2) is 0 Å². The molecule has 0 fully saturated rings. The predicted octanol–water partition coefficient (Wildman–Crippen LogP) is 2.37. The van der Waals surface area contributed by atoms with Gasteiger partial charge in [-0.3, -0.25) is 0 Å². The molecule has 1 atom stereocenters. The van der Waals surface area contributed by atoms with E-state index in [-0.39, 0.29) is 18.5 Å². The molecular formula is C13H13FN2O. The van der Waals surface area contributed by atoms with Crippen molar-refractivity contribution in [2.75, 3.05) is 11.9 Å². The summed E-state index contributed by atoms with van der Waals surface area (Å²) < 4.78 is 12.7. The van der Waals surface area contributed by atoms with Crippen molar-refractivity contribution < 1.29 is 9.50 Å². The third-order valence-corrected chi connectivity index (χ3v) is 2.43. The van der Waals surface area contributed by atoms with E-state index < -0.39 is 0 Å². The summed E-state index contributed by atoms with van der Waals surface area (Å²) in [5.41, 5.74) is 0.959. The van der Waals surface area contributed by atoms with Gasteiger partial charge in [-0.25, -0.2) is 9.37 Å². The molecule has 0 amide bonds. The zero-order valence-corrected chi connectivity index (χ0v) is 9.18. The maximum Gasteiger partial charge on any atom is 0.141 e. The van der Waals surface area contributed by atoms with Crippen LogP contribution in [0.1, 0.15) is 11.6 Å². The minimum absolute atomic E-state index is 0.0525. The molecule has 0 aliphatic heterocycles. The zero-order valence-electron chi connectivity index (χ0n) is 9.18. The average Bonchev–Trinajstić information content (AvgIpc) is 2.39. The van der Waals surface area contributed by atoms with Crippen molar-refractivity contribution in [1.82, 2.24) is 4.98 Å². The SMILES string of the molecule is OCC(Nc1ccc(F)cn1)c1ccccc1. The van der Waals surface area contributed by atoms with Gasteiger partial charge in [0.2, 0.25) is 0 Å². The van der Waals surface area contributed by atoms with Crippen LogP contribution in [-0.2, 0) is 0 Å². The fraction of sp³-hybridized carbons (Fsp3) is 0.154. The molecule has 0 saturated carbocycles. The van der Waals surface area contributed by atoms with Crippen molar-refractivity contribution in [3.8, 4) is 0 Å². The number of rotatable bonds is 4. The Kier molecular flexibility index (Phi) is 3.67. The number of benzene rings is 1. The summed E-state index contributed by atoms with van der Waals surface area (Å²) in [6.07, 6.45) is 1.14. The Morgan fingerprint density at radius 3 is 2.53 bits per heavy atom. The van der Waals surface area contributed by atoms with Gasteiger partial charge in [0.25, 0.3) is 0 Å². The first-order chi connectivity index (χ1) is 8.29. The molecular weight excluding hydrogens is 219 g/mol. The molecule has 0 spiro atoms. The highest BCUT2D eigenvalue weighted by Crippen LogP contribution is 2.17. The topological polar surface area (TPSA) is 45.1 Å². The maximum atomic E-state index is 12.7. The molecule has 2 N–H and O–H groups in total. The van der Waals surface area contributed by atoms with E-state index in [2.05, 4.69) is 10.3 Å². The first-order valence-corrected chi connectivity index (χ1v) is 5.33. The number of anilines is 1. The fourth-order valence-corrected chi connectivity index (χ4v) is 1.56. The molecule has 2 rings (SSSR count). The van der Waals surface area contributed by atoms with Gasteiger partial charge in [-0.1, -0.05) is 30.3 Å². The highest BCUT2D eigenvalue weighted by atomic mass is 19.1. The number of pyridine rings is 1. The summed E-state index contributed by atoms with van der Waals surface area (Å²) >= 11 is 0. The Balaban J connectivity index is 2.13. The Bertz CT molecular complexity index is 459. The predicted molar refractivity (Wildman–Crippen MR) is 64.1 cm³/mol. The van der Waals surface area contributed by atoms with E-state index in [1.54, 1.807) is 6.07 Å². The van der Waals surface area contributed by atoms with E-state index in [1.807, 2.05) is 30.3 Å². The van der Waals surface area contributed by atoms with Crippen molar-refractivity contribution in [2.24, 2.45) is 0 Å². The number of aliphatic hydroxyl groups excluding tert-OH is 1. The molecule has 17 heavy (non-hydrogen) atoms. The summed E-state index contributed by atoms with van der Waals surface area (Å²) in [5, 5.41) is 12.4. The van der Waals surface area contributed by atoms with Crippen LogP contribution in [0.3, 0.4) is 0 Å². The molecule has 1 heterocycles. The Morgan fingerprint density at radius 2 is 1.94 bits per heavy atom.